The highest BCUT2D eigenvalue weighted by molar-refractivity contribution is 5.85. The molecule has 0 aliphatic heterocycles. The summed E-state index contributed by atoms with van der Waals surface area (Å²) < 4.78 is 0. The minimum absolute atomic E-state index is 0.220. The number of carbonyl (C=O) groups is 2. The Morgan fingerprint density at radius 3 is 1.28 bits per heavy atom. The monoisotopic (exact) mass is 256 g/mol. The van der Waals surface area contributed by atoms with Gasteiger partial charge in [-0.2, -0.15) is 0 Å². The Morgan fingerprint density at radius 1 is 0.667 bits per heavy atom. The highest BCUT2D eigenvalue weighted by Crippen LogP contribution is 2.03. The van der Waals surface area contributed by atoms with E-state index in [4.69, 9.17) is 0 Å². The SMILES string of the molecule is CN(C)CCCC(=O)CCC(=O)CCCN(C)C. The second-order valence-electron chi connectivity index (χ2n) is 5.39. The van der Waals surface area contributed by atoms with Crippen molar-refractivity contribution in [3.8, 4) is 0 Å². The van der Waals surface area contributed by atoms with Crippen LogP contribution >= 0.6 is 0 Å². The zero-order chi connectivity index (χ0) is 14.0. The van der Waals surface area contributed by atoms with Crippen LogP contribution < -0.4 is 0 Å². The van der Waals surface area contributed by atoms with E-state index in [0.717, 1.165) is 25.9 Å². The van der Waals surface area contributed by atoms with E-state index in [1.54, 1.807) is 0 Å². The topological polar surface area (TPSA) is 40.6 Å². The minimum atomic E-state index is 0.220. The van der Waals surface area contributed by atoms with E-state index >= 15 is 0 Å². The molecule has 4 heteroatoms. The van der Waals surface area contributed by atoms with Gasteiger partial charge in [0, 0.05) is 25.7 Å². The van der Waals surface area contributed by atoms with Crippen molar-refractivity contribution < 1.29 is 9.59 Å². The van der Waals surface area contributed by atoms with E-state index in [-0.39, 0.29) is 11.6 Å². The Labute approximate surface area is 111 Å². The second kappa shape index (κ2) is 10.2. The van der Waals surface area contributed by atoms with Gasteiger partial charge in [0.1, 0.15) is 11.6 Å². The molecule has 0 atom stereocenters. The lowest BCUT2D eigenvalue weighted by Crippen LogP contribution is -2.15. The minimum Gasteiger partial charge on any atom is -0.309 e. The van der Waals surface area contributed by atoms with Gasteiger partial charge in [0.05, 0.1) is 0 Å². The number of carbonyl (C=O) groups excluding carboxylic acids is 2. The fourth-order valence-electron chi connectivity index (χ4n) is 1.71. The van der Waals surface area contributed by atoms with Crippen molar-refractivity contribution in [1.82, 2.24) is 9.80 Å². The van der Waals surface area contributed by atoms with Crippen molar-refractivity contribution in [2.75, 3.05) is 41.3 Å². The summed E-state index contributed by atoms with van der Waals surface area (Å²) in [4.78, 5) is 27.2. The molecule has 0 heterocycles. The van der Waals surface area contributed by atoms with Crippen LogP contribution in [0.4, 0.5) is 0 Å². The molecule has 0 aliphatic rings. The van der Waals surface area contributed by atoms with E-state index in [0.29, 0.717) is 25.7 Å². The van der Waals surface area contributed by atoms with Gasteiger partial charge in [-0.25, -0.2) is 0 Å². The second-order valence-corrected chi connectivity index (χ2v) is 5.39. The predicted molar refractivity (Wildman–Crippen MR) is 74.8 cm³/mol. The highest BCUT2D eigenvalue weighted by atomic mass is 16.1. The van der Waals surface area contributed by atoms with Gasteiger partial charge in [-0.15, -0.1) is 0 Å². The highest BCUT2D eigenvalue weighted by Gasteiger charge is 2.07. The first-order chi connectivity index (χ1) is 8.41. The molecule has 0 N–H and O–H groups in total. The average Bonchev–Trinajstić information content (AvgIpc) is 2.25. The van der Waals surface area contributed by atoms with Gasteiger partial charge in [0.2, 0.25) is 0 Å². The first kappa shape index (κ1) is 17.3. The van der Waals surface area contributed by atoms with Crippen LogP contribution in [0.25, 0.3) is 0 Å². The molecule has 18 heavy (non-hydrogen) atoms. The summed E-state index contributed by atoms with van der Waals surface area (Å²) in [6.45, 7) is 1.87. The van der Waals surface area contributed by atoms with E-state index in [1.807, 2.05) is 28.2 Å². The number of ketones is 2. The summed E-state index contributed by atoms with van der Waals surface area (Å²) >= 11 is 0. The molecule has 4 nitrogen and oxygen atoms in total. The molecule has 0 bridgehead atoms. The van der Waals surface area contributed by atoms with Gasteiger partial charge in [0.15, 0.2) is 0 Å². The van der Waals surface area contributed by atoms with Crippen LogP contribution in [0.2, 0.25) is 0 Å². The fraction of sp³-hybridized carbons (Fsp3) is 0.857. The molecule has 0 radical (unpaired) electrons. The van der Waals surface area contributed by atoms with Crippen molar-refractivity contribution in [2.24, 2.45) is 0 Å². The smallest absolute Gasteiger partial charge is 0.133 e. The molecule has 0 rings (SSSR count). The zero-order valence-corrected chi connectivity index (χ0v) is 12.4. The number of rotatable bonds is 11. The van der Waals surface area contributed by atoms with Crippen LogP contribution in [-0.2, 0) is 9.59 Å². The molecule has 0 aromatic rings. The Bertz CT molecular complexity index is 224. The molecule has 0 amide bonds. The predicted octanol–water partition coefficient (Wildman–Crippen LogP) is 1.59. The summed E-state index contributed by atoms with van der Waals surface area (Å²) in [6.07, 6.45) is 3.83. The number of hydrogen-bond acceptors (Lipinski definition) is 4. The van der Waals surface area contributed by atoms with Crippen molar-refractivity contribution >= 4 is 11.6 Å². The van der Waals surface area contributed by atoms with Crippen LogP contribution in [0.5, 0.6) is 0 Å². The molecular formula is C14H28N2O2. The normalized spacial score (nSPS) is 11.2. The molecular weight excluding hydrogens is 228 g/mol. The maximum atomic E-state index is 11.5. The van der Waals surface area contributed by atoms with Crippen molar-refractivity contribution in [3.05, 3.63) is 0 Å². The number of Topliss-reactive ketones (excluding diaryl/α,β-unsaturated/α-hetero) is 2. The van der Waals surface area contributed by atoms with Crippen molar-refractivity contribution in [1.29, 1.82) is 0 Å². The van der Waals surface area contributed by atoms with Crippen LogP contribution in [0, 0.1) is 0 Å². The average molecular weight is 256 g/mol. The molecule has 0 aromatic carbocycles. The van der Waals surface area contributed by atoms with Crippen LogP contribution in [0.15, 0.2) is 0 Å². The third-order valence-corrected chi connectivity index (χ3v) is 2.80. The molecule has 0 aromatic heterocycles. The summed E-state index contributed by atoms with van der Waals surface area (Å²) in [7, 11) is 8.00. The van der Waals surface area contributed by atoms with Crippen LogP contribution in [0.1, 0.15) is 38.5 Å². The lowest BCUT2D eigenvalue weighted by Gasteiger charge is -2.09. The van der Waals surface area contributed by atoms with Gasteiger partial charge < -0.3 is 9.80 Å². The largest absolute Gasteiger partial charge is 0.309 e. The van der Waals surface area contributed by atoms with Crippen molar-refractivity contribution in [3.63, 3.8) is 0 Å². The Kier molecular flexibility index (Phi) is 9.79. The van der Waals surface area contributed by atoms with Gasteiger partial charge >= 0.3 is 0 Å². The zero-order valence-electron chi connectivity index (χ0n) is 12.4. The Hall–Kier alpha value is -0.740. The van der Waals surface area contributed by atoms with E-state index < -0.39 is 0 Å². The Balaban J connectivity index is 3.50. The first-order valence-electron chi connectivity index (χ1n) is 6.74. The summed E-state index contributed by atoms with van der Waals surface area (Å²) in [5.74, 6) is 0.440. The lowest BCUT2D eigenvalue weighted by atomic mass is 10.1. The molecule has 0 saturated heterocycles. The summed E-state index contributed by atoms with van der Waals surface area (Å²) in [5, 5.41) is 0. The van der Waals surface area contributed by atoms with Crippen molar-refractivity contribution in [2.45, 2.75) is 38.5 Å². The maximum Gasteiger partial charge on any atom is 0.133 e. The fourth-order valence-corrected chi connectivity index (χ4v) is 1.71. The molecule has 106 valence electrons. The number of nitrogens with zero attached hydrogens (tertiary/aromatic N) is 2. The quantitative estimate of drug-likeness (QED) is 0.563. The molecule has 0 spiro atoms. The summed E-state index contributed by atoms with van der Waals surface area (Å²) in [5.41, 5.74) is 0. The number of hydrogen-bond donors (Lipinski definition) is 0. The molecule has 0 saturated carbocycles. The third kappa shape index (κ3) is 11.7. The Morgan fingerprint density at radius 2 is 1.00 bits per heavy atom. The molecule has 0 fully saturated rings. The molecule has 0 unspecified atom stereocenters. The lowest BCUT2D eigenvalue weighted by molar-refractivity contribution is -0.124. The third-order valence-electron chi connectivity index (χ3n) is 2.80. The maximum absolute atomic E-state index is 11.5. The first-order valence-corrected chi connectivity index (χ1v) is 6.74. The van der Waals surface area contributed by atoms with E-state index in [9.17, 15) is 9.59 Å². The summed E-state index contributed by atoms with van der Waals surface area (Å²) in [6, 6.07) is 0. The van der Waals surface area contributed by atoms with Gasteiger partial charge in [-0.1, -0.05) is 0 Å². The van der Waals surface area contributed by atoms with Gasteiger partial charge in [0.25, 0.3) is 0 Å². The van der Waals surface area contributed by atoms with E-state index in [1.165, 1.54) is 0 Å². The van der Waals surface area contributed by atoms with Crippen LogP contribution in [0.3, 0.4) is 0 Å². The van der Waals surface area contributed by atoms with E-state index in [2.05, 4.69) is 9.80 Å². The van der Waals surface area contributed by atoms with Gasteiger partial charge in [-0.05, 0) is 54.1 Å². The standard InChI is InChI=1S/C14H28N2O2/c1-15(2)11-5-7-13(17)9-10-14(18)8-6-12-16(3)4/h5-12H2,1-4H3. The molecule has 0 aliphatic carbocycles. The van der Waals surface area contributed by atoms with Crippen LogP contribution in [-0.4, -0.2) is 62.6 Å². The van der Waals surface area contributed by atoms with Gasteiger partial charge in [-0.3, -0.25) is 9.59 Å².